The minimum absolute atomic E-state index is 0.105. The van der Waals surface area contributed by atoms with Crippen molar-refractivity contribution in [2.24, 2.45) is 0 Å². The first kappa shape index (κ1) is 15.2. The Kier molecular flexibility index (Phi) is 5.04. The number of amides is 1. The van der Waals surface area contributed by atoms with Gasteiger partial charge in [0.2, 0.25) is 5.91 Å². The highest BCUT2D eigenvalue weighted by molar-refractivity contribution is 5.76. The van der Waals surface area contributed by atoms with Gasteiger partial charge in [-0.1, -0.05) is 6.92 Å². The number of likely N-dealkylation sites (tertiary alicyclic amines) is 1. The van der Waals surface area contributed by atoms with Crippen molar-refractivity contribution in [2.45, 2.75) is 38.6 Å². The summed E-state index contributed by atoms with van der Waals surface area (Å²) >= 11 is 0. The molecule has 1 amide bonds. The lowest BCUT2D eigenvalue weighted by Gasteiger charge is -2.25. The van der Waals surface area contributed by atoms with E-state index in [4.69, 9.17) is 15.7 Å². The standard InChI is InChI=1S/C16H21N3O2/c1-2-4-16(20)19-8-3-5-14(19)11-21-15-7-6-13(18)9-12(15)10-17/h6-7,9,14H,2-5,8,11,18H2,1H3. The SMILES string of the molecule is CCCC(=O)N1CCCC1COc1ccc(N)cc1C#N. The average Bonchev–Trinajstić information content (AvgIpc) is 2.94. The predicted molar refractivity (Wildman–Crippen MR) is 80.7 cm³/mol. The predicted octanol–water partition coefficient (Wildman–Crippen LogP) is 2.31. The molecule has 1 aliphatic rings. The average molecular weight is 287 g/mol. The Morgan fingerprint density at radius 2 is 2.38 bits per heavy atom. The highest BCUT2D eigenvalue weighted by atomic mass is 16.5. The van der Waals surface area contributed by atoms with E-state index < -0.39 is 0 Å². The molecular formula is C16H21N3O2. The molecule has 2 N–H and O–H groups in total. The largest absolute Gasteiger partial charge is 0.490 e. The molecule has 2 rings (SSSR count). The van der Waals surface area contributed by atoms with Gasteiger partial charge in [0.05, 0.1) is 11.6 Å². The number of anilines is 1. The number of carbonyl (C=O) groups excluding carboxylic acids is 1. The fourth-order valence-corrected chi connectivity index (χ4v) is 2.64. The van der Waals surface area contributed by atoms with Crippen LogP contribution in [0, 0.1) is 11.3 Å². The monoisotopic (exact) mass is 287 g/mol. The van der Waals surface area contributed by atoms with Crippen LogP contribution in [0.3, 0.4) is 0 Å². The maximum Gasteiger partial charge on any atom is 0.222 e. The molecule has 1 atom stereocenters. The highest BCUT2D eigenvalue weighted by Crippen LogP contribution is 2.24. The fourth-order valence-electron chi connectivity index (χ4n) is 2.64. The molecule has 0 aromatic heterocycles. The summed E-state index contributed by atoms with van der Waals surface area (Å²) in [5.74, 6) is 0.725. The summed E-state index contributed by atoms with van der Waals surface area (Å²) in [7, 11) is 0. The van der Waals surface area contributed by atoms with E-state index in [0.29, 0.717) is 30.0 Å². The Hall–Kier alpha value is -2.22. The second-order valence-electron chi connectivity index (χ2n) is 5.31. The van der Waals surface area contributed by atoms with E-state index in [1.54, 1.807) is 18.2 Å². The number of nitriles is 1. The van der Waals surface area contributed by atoms with Crippen molar-refractivity contribution in [1.29, 1.82) is 5.26 Å². The lowest BCUT2D eigenvalue weighted by molar-refractivity contribution is -0.132. The molecule has 21 heavy (non-hydrogen) atoms. The molecule has 1 fully saturated rings. The molecule has 1 aromatic rings. The first-order valence-corrected chi connectivity index (χ1v) is 7.37. The number of nitrogen functional groups attached to an aromatic ring is 1. The van der Waals surface area contributed by atoms with Gasteiger partial charge in [0, 0.05) is 18.7 Å². The Morgan fingerprint density at radius 1 is 1.57 bits per heavy atom. The third-order valence-electron chi connectivity index (χ3n) is 3.72. The van der Waals surface area contributed by atoms with Crippen LogP contribution in [0.5, 0.6) is 5.75 Å². The Balaban J connectivity index is 1.99. The van der Waals surface area contributed by atoms with Gasteiger partial charge in [0.1, 0.15) is 18.4 Å². The normalized spacial score (nSPS) is 17.5. The van der Waals surface area contributed by atoms with E-state index in [1.165, 1.54) is 0 Å². The van der Waals surface area contributed by atoms with Crippen LogP contribution in [0.4, 0.5) is 5.69 Å². The summed E-state index contributed by atoms with van der Waals surface area (Å²) in [6, 6.07) is 7.21. The minimum atomic E-state index is 0.105. The van der Waals surface area contributed by atoms with Crippen molar-refractivity contribution in [1.82, 2.24) is 4.90 Å². The van der Waals surface area contributed by atoms with Gasteiger partial charge in [-0.15, -0.1) is 0 Å². The van der Waals surface area contributed by atoms with Gasteiger partial charge in [-0.2, -0.15) is 5.26 Å². The third kappa shape index (κ3) is 3.66. The number of carbonyl (C=O) groups is 1. The van der Waals surface area contributed by atoms with Crippen LogP contribution in [0.1, 0.15) is 38.2 Å². The van der Waals surface area contributed by atoms with Gasteiger partial charge >= 0.3 is 0 Å². The Morgan fingerprint density at radius 3 is 3.10 bits per heavy atom. The van der Waals surface area contributed by atoms with E-state index in [-0.39, 0.29) is 11.9 Å². The molecule has 1 aromatic carbocycles. The number of nitrogens with two attached hydrogens (primary N) is 1. The van der Waals surface area contributed by atoms with Crippen LogP contribution in [0.2, 0.25) is 0 Å². The topological polar surface area (TPSA) is 79.3 Å². The van der Waals surface area contributed by atoms with E-state index in [1.807, 2.05) is 11.8 Å². The van der Waals surface area contributed by atoms with Crippen LogP contribution >= 0.6 is 0 Å². The van der Waals surface area contributed by atoms with Gasteiger partial charge in [0.25, 0.3) is 0 Å². The van der Waals surface area contributed by atoms with Crippen LogP contribution in [-0.2, 0) is 4.79 Å². The number of hydrogen-bond acceptors (Lipinski definition) is 4. The highest BCUT2D eigenvalue weighted by Gasteiger charge is 2.28. The zero-order valence-electron chi connectivity index (χ0n) is 12.3. The van der Waals surface area contributed by atoms with Crippen molar-refractivity contribution in [2.75, 3.05) is 18.9 Å². The second-order valence-corrected chi connectivity index (χ2v) is 5.31. The van der Waals surface area contributed by atoms with Gasteiger partial charge in [0.15, 0.2) is 0 Å². The number of nitrogens with zero attached hydrogens (tertiary/aromatic N) is 2. The van der Waals surface area contributed by atoms with Crippen LogP contribution in [-0.4, -0.2) is 30.0 Å². The molecule has 1 aliphatic heterocycles. The first-order chi connectivity index (χ1) is 10.2. The molecule has 1 unspecified atom stereocenters. The first-order valence-electron chi connectivity index (χ1n) is 7.37. The molecule has 112 valence electrons. The van der Waals surface area contributed by atoms with Gasteiger partial charge < -0.3 is 15.4 Å². The number of ether oxygens (including phenoxy) is 1. The number of hydrogen-bond donors (Lipinski definition) is 1. The molecule has 0 spiro atoms. The molecule has 0 saturated carbocycles. The van der Waals surface area contributed by atoms with Crippen molar-refractivity contribution in [3.05, 3.63) is 23.8 Å². The summed E-state index contributed by atoms with van der Waals surface area (Å²) in [5.41, 5.74) is 6.63. The van der Waals surface area contributed by atoms with Gasteiger partial charge in [-0.3, -0.25) is 4.79 Å². The van der Waals surface area contributed by atoms with Gasteiger partial charge in [-0.25, -0.2) is 0 Å². The lowest BCUT2D eigenvalue weighted by Crippen LogP contribution is -2.38. The van der Waals surface area contributed by atoms with Crippen molar-refractivity contribution >= 4 is 11.6 Å². The summed E-state index contributed by atoms with van der Waals surface area (Å²) in [4.78, 5) is 13.9. The van der Waals surface area contributed by atoms with E-state index in [0.717, 1.165) is 25.8 Å². The Labute approximate surface area is 125 Å². The molecule has 1 heterocycles. The van der Waals surface area contributed by atoms with Crippen LogP contribution in [0.15, 0.2) is 18.2 Å². The molecule has 5 heteroatoms. The molecule has 1 saturated heterocycles. The maximum absolute atomic E-state index is 12.0. The minimum Gasteiger partial charge on any atom is -0.490 e. The van der Waals surface area contributed by atoms with Crippen LogP contribution in [0.25, 0.3) is 0 Å². The van der Waals surface area contributed by atoms with Crippen molar-refractivity contribution in [3.63, 3.8) is 0 Å². The zero-order valence-corrected chi connectivity index (χ0v) is 12.3. The second kappa shape index (κ2) is 6.98. The number of benzene rings is 1. The van der Waals surface area contributed by atoms with E-state index >= 15 is 0 Å². The van der Waals surface area contributed by atoms with Crippen molar-refractivity contribution < 1.29 is 9.53 Å². The zero-order chi connectivity index (χ0) is 15.2. The lowest BCUT2D eigenvalue weighted by atomic mass is 10.2. The molecule has 0 aliphatic carbocycles. The van der Waals surface area contributed by atoms with E-state index in [9.17, 15) is 4.79 Å². The molecular weight excluding hydrogens is 266 g/mol. The summed E-state index contributed by atoms with van der Waals surface area (Å²) in [6.45, 7) is 3.24. The smallest absolute Gasteiger partial charge is 0.222 e. The van der Waals surface area contributed by atoms with Crippen LogP contribution < -0.4 is 10.5 Å². The Bertz CT molecular complexity index is 551. The molecule has 0 bridgehead atoms. The third-order valence-corrected chi connectivity index (χ3v) is 3.72. The fraction of sp³-hybridized carbons (Fsp3) is 0.500. The van der Waals surface area contributed by atoms with E-state index in [2.05, 4.69) is 6.07 Å². The summed E-state index contributed by atoms with van der Waals surface area (Å²) in [5, 5.41) is 9.09. The quantitative estimate of drug-likeness (QED) is 0.843. The van der Waals surface area contributed by atoms with Gasteiger partial charge in [-0.05, 0) is 37.5 Å². The molecule has 0 radical (unpaired) electrons. The summed E-state index contributed by atoms with van der Waals surface area (Å²) in [6.07, 6.45) is 3.41. The molecule has 5 nitrogen and oxygen atoms in total. The summed E-state index contributed by atoms with van der Waals surface area (Å²) < 4.78 is 5.75. The maximum atomic E-state index is 12.0. The van der Waals surface area contributed by atoms with Crippen molar-refractivity contribution in [3.8, 4) is 11.8 Å². The number of rotatable bonds is 5.